The predicted octanol–water partition coefficient (Wildman–Crippen LogP) is 4.07. The van der Waals surface area contributed by atoms with Gasteiger partial charge in [0.05, 0.1) is 12.1 Å². The van der Waals surface area contributed by atoms with Crippen LogP contribution in [0.2, 0.25) is 0 Å². The number of rotatable bonds is 8. The first kappa shape index (κ1) is 27.8. The first-order valence-corrected chi connectivity index (χ1v) is 12.4. The first-order chi connectivity index (χ1) is 16.9. The smallest absolute Gasteiger partial charge is 0.199 e. The molecule has 0 bridgehead atoms. The normalized spacial score (nSPS) is 13.1. The average Bonchev–Trinajstić information content (AvgIpc) is 2.88. The third-order valence-corrected chi connectivity index (χ3v) is 5.97. The molecule has 1 aliphatic carbocycles. The molecule has 0 fully saturated rings. The van der Waals surface area contributed by atoms with Crippen molar-refractivity contribution in [1.29, 1.82) is 0 Å². The lowest BCUT2D eigenvalue weighted by Crippen LogP contribution is -2.32. The standard InChI is InChI=1S/C27H33N2.C3H6O3/c1-5-28(6-2)25-18-14-23(15-19-25)27(22-12-10-9-11-13-22)24-16-20-26(21-17-24)29(7-3)8-4;1-2(4)3(5)6/h9-21H,5-8H2,1-4H3;2,4H,1H3,(H,5,6)/q+1;/p-1. The van der Waals surface area contributed by atoms with Crippen LogP contribution in [0.15, 0.2) is 84.5 Å². The maximum atomic E-state index is 9.34. The van der Waals surface area contributed by atoms with Crippen LogP contribution in [0.3, 0.4) is 0 Å². The van der Waals surface area contributed by atoms with E-state index in [1.54, 1.807) is 0 Å². The number of allylic oxidation sites excluding steroid dienone is 5. The van der Waals surface area contributed by atoms with Crippen LogP contribution in [0.5, 0.6) is 0 Å². The summed E-state index contributed by atoms with van der Waals surface area (Å²) in [6.45, 7) is 14.1. The maximum Gasteiger partial charge on any atom is 0.199 e. The van der Waals surface area contributed by atoms with E-state index in [0.29, 0.717) is 0 Å². The Kier molecular flexibility index (Phi) is 11.2. The Morgan fingerprint density at radius 1 is 0.857 bits per heavy atom. The molecule has 1 aliphatic rings. The number of benzene rings is 2. The van der Waals surface area contributed by atoms with Crippen LogP contribution in [0.1, 0.15) is 45.7 Å². The SMILES string of the molecule is CC(O)C(=O)[O-].CCN(CC)c1ccc(C(=C2C=CC(=[N+](CC)CC)C=C2)c2ccccc2)cc1. The fourth-order valence-corrected chi connectivity index (χ4v) is 3.96. The molecule has 2 aromatic carbocycles. The van der Waals surface area contributed by atoms with Gasteiger partial charge in [0.25, 0.3) is 0 Å². The van der Waals surface area contributed by atoms with Gasteiger partial charge in [0.2, 0.25) is 0 Å². The van der Waals surface area contributed by atoms with Crippen LogP contribution in [-0.4, -0.2) is 53.6 Å². The quantitative estimate of drug-likeness (QED) is 0.586. The van der Waals surface area contributed by atoms with E-state index in [-0.39, 0.29) is 0 Å². The van der Waals surface area contributed by atoms with Gasteiger partial charge in [-0.25, -0.2) is 4.58 Å². The molecule has 0 spiro atoms. The number of aliphatic carboxylic acids is 1. The minimum atomic E-state index is -1.44. The van der Waals surface area contributed by atoms with Gasteiger partial charge in [-0.1, -0.05) is 42.5 Å². The topological polar surface area (TPSA) is 66.6 Å². The Bertz CT molecular complexity index is 1050. The summed E-state index contributed by atoms with van der Waals surface area (Å²) in [7, 11) is 0. The second-order valence-electron chi connectivity index (χ2n) is 8.17. The molecule has 1 atom stereocenters. The van der Waals surface area contributed by atoms with Crippen molar-refractivity contribution in [2.45, 2.75) is 40.7 Å². The number of carboxylic acid groups (broad SMARTS) is 1. The molecule has 0 aromatic heterocycles. The number of aliphatic hydroxyl groups is 1. The number of anilines is 1. The summed E-state index contributed by atoms with van der Waals surface area (Å²) in [5, 5.41) is 17.3. The van der Waals surface area contributed by atoms with E-state index in [2.05, 4.69) is 116 Å². The average molecular weight is 475 g/mol. The fourth-order valence-electron chi connectivity index (χ4n) is 3.96. The lowest BCUT2D eigenvalue weighted by molar-refractivity contribution is -0.519. The molecule has 0 radical (unpaired) electrons. The second-order valence-corrected chi connectivity index (χ2v) is 8.17. The number of carboxylic acids is 1. The Morgan fingerprint density at radius 3 is 1.77 bits per heavy atom. The molecule has 2 aromatic rings. The molecule has 0 amide bonds. The van der Waals surface area contributed by atoms with Crippen molar-refractivity contribution in [3.63, 3.8) is 0 Å². The molecule has 186 valence electrons. The van der Waals surface area contributed by atoms with Crippen molar-refractivity contribution in [2.24, 2.45) is 0 Å². The van der Waals surface area contributed by atoms with Gasteiger partial charge in [-0.05, 0) is 81.2 Å². The molecule has 0 saturated carbocycles. The first-order valence-electron chi connectivity index (χ1n) is 12.4. The van der Waals surface area contributed by atoms with E-state index < -0.39 is 12.1 Å². The molecular formula is C30H38N2O3. The van der Waals surface area contributed by atoms with E-state index in [0.717, 1.165) is 33.1 Å². The number of carbonyl (C=O) groups excluding carboxylic acids is 1. The van der Waals surface area contributed by atoms with Gasteiger partial charge in [0.1, 0.15) is 13.1 Å². The molecule has 0 heterocycles. The molecule has 3 rings (SSSR count). The molecule has 0 aliphatic heterocycles. The molecular weight excluding hydrogens is 436 g/mol. The maximum absolute atomic E-state index is 9.34. The van der Waals surface area contributed by atoms with Gasteiger partial charge < -0.3 is 19.9 Å². The Balaban J connectivity index is 0.000000641. The van der Waals surface area contributed by atoms with Crippen LogP contribution in [0.25, 0.3) is 5.57 Å². The van der Waals surface area contributed by atoms with Gasteiger partial charge >= 0.3 is 0 Å². The van der Waals surface area contributed by atoms with Gasteiger partial charge in [-0.15, -0.1) is 0 Å². The van der Waals surface area contributed by atoms with E-state index in [4.69, 9.17) is 5.11 Å². The van der Waals surface area contributed by atoms with Crippen LogP contribution >= 0.6 is 0 Å². The molecule has 0 saturated heterocycles. The van der Waals surface area contributed by atoms with Crippen molar-refractivity contribution in [1.82, 2.24) is 0 Å². The Labute approximate surface area is 210 Å². The zero-order chi connectivity index (χ0) is 25.8. The molecule has 5 heteroatoms. The second kappa shape index (κ2) is 14.1. The van der Waals surface area contributed by atoms with E-state index >= 15 is 0 Å². The number of carbonyl (C=O) groups is 1. The van der Waals surface area contributed by atoms with Crippen LogP contribution < -0.4 is 10.0 Å². The lowest BCUT2D eigenvalue weighted by Gasteiger charge is -2.22. The highest BCUT2D eigenvalue weighted by Crippen LogP contribution is 2.31. The number of aliphatic hydroxyl groups excluding tert-OH is 1. The minimum Gasteiger partial charge on any atom is -0.547 e. The number of nitrogens with zero attached hydrogens (tertiary/aromatic N) is 2. The van der Waals surface area contributed by atoms with Crippen molar-refractivity contribution in [3.8, 4) is 0 Å². The summed E-state index contributed by atoms with van der Waals surface area (Å²) in [5.41, 5.74) is 7.60. The zero-order valence-corrected chi connectivity index (χ0v) is 21.6. The fraction of sp³-hybridized carbons (Fsp3) is 0.333. The van der Waals surface area contributed by atoms with Gasteiger partial charge in [-0.3, -0.25) is 0 Å². The van der Waals surface area contributed by atoms with Gasteiger partial charge in [0.15, 0.2) is 5.71 Å². The Hall–Kier alpha value is -3.44. The minimum absolute atomic E-state index is 1.03. The monoisotopic (exact) mass is 474 g/mol. The van der Waals surface area contributed by atoms with Crippen molar-refractivity contribution in [3.05, 3.63) is 95.6 Å². The zero-order valence-electron chi connectivity index (χ0n) is 21.6. The lowest BCUT2D eigenvalue weighted by atomic mass is 9.90. The van der Waals surface area contributed by atoms with Crippen LogP contribution in [-0.2, 0) is 4.79 Å². The van der Waals surface area contributed by atoms with Crippen LogP contribution in [0.4, 0.5) is 5.69 Å². The van der Waals surface area contributed by atoms with Crippen LogP contribution in [0, 0.1) is 0 Å². The summed E-state index contributed by atoms with van der Waals surface area (Å²) in [6.07, 6.45) is 7.67. The molecule has 5 nitrogen and oxygen atoms in total. The Morgan fingerprint density at radius 2 is 1.34 bits per heavy atom. The summed E-state index contributed by atoms with van der Waals surface area (Å²) >= 11 is 0. The number of hydrogen-bond donors (Lipinski definition) is 1. The highest BCUT2D eigenvalue weighted by atomic mass is 16.4. The molecule has 1 N–H and O–H groups in total. The van der Waals surface area contributed by atoms with Crippen molar-refractivity contribution >= 4 is 22.9 Å². The molecule has 35 heavy (non-hydrogen) atoms. The van der Waals surface area contributed by atoms with Gasteiger partial charge in [-0.2, -0.15) is 0 Å². The summed E-state index contributed by atoms with van der Waals surface area (Å²) in [4.78, 5) is 11.7. The summed E-state index contributed by atoms with van der Waals surface area (Å²) in [5.74, 6) is -1.44. The van der Waals surface area contributed by atoms with E-state index in [9.17, 15) is 9.90 Å². The largest absolute Gasteiger partial charge is 0.547 e. The highest BCUT2D eigenvalue weighted by molar-refractivity contribution is 6.04. The third-order valence-electron chi connectivity index (χ3n) is 5.97. The highest BCUT2D eigenvalue weighted by Gasteiger charge is 2.14. The predicted molar refractivity (Wildman–Crippen MR) is 144 cm³/mol. The summed E-state index contributed by atoms with van der Waals surface area (Å²) < 4.78 is 2.38. The molecule has 1 unspecified atom stereocenters. The van der Waals surface area contributed by atoms with Crippen molar-refractivity contribution in [2.75, 3.05) is 31.1 Å². The van der Waals surface area contributed by atoms with E-state index in [1.807, 2.05) is 0 Å². The van der Waals surface area contributed by atoms with E-state index in [1.165, 1.54) is 33.7 Å². The van der Waals surface area contributed by atoms with Crippen molar-refractivity contribution < 1.29 is 19.6 Å². The number of hydrogen-bond acceptors (Lipinski definition) is 4. The van der Waals surface area contributed by atoms with Gasteiger partial charge in [0, 0.05) is 30.9 Å². The summed E-state index contributed by atoms with van der Waals surface area (Å²) in [6, 6.07) is 19.7. The third kappa shape index (κ3) is 7.79.